The zero-order chi connectivity index (χ0) is 15.2. The van der Waals surface area contributed by atoms with Gasteiger partial charge in [-0.05, 0) is 18.2 Å². The van der Waals surface area contributed by atoms with Crippen molar-refractivity contribution < 1.29 is 23.5 Å². The van der Waals surface area contributed by atoms with Crippen LogP contribution in [0.1, 0.15) is 16.8 Å². The summed E-state index contributed by atoms with van der Waals surface area (Å²) in [5.74, 6) is -1.71. The number of rotatable bonds is 4. The third kappa shape index (κ3) is 4.24. The first-order valence-corrected chi connectivity index (χ1v) is 6.59. The van der Waals surface area contributed by atoms with Crippen molar-refractivity contribution in [1.82, 2.24) is 5.32 Å². The Hall–Kier alpha value is -1.99. The van der Waals surface area contributed by atoms with E-state index in [9.17, 15) is 14.0 Å². The van der Waals surface area contributed by atoms with Gasteiger partial charge in [0.05, 0.1) is 25.9 Å². The molecule has 1 heterocycles. The summed E-state index contributed by atoms with van der Waals surface area (Å²) in [5.41, 5.74) is 0.132. The Kier molecular flexibility index (Phi) is 5.24. The number of hydrogen-bond acceptors (Lipinski definition) is 5. The van der Waals surface area contributed by atoms with Gasteiger partial charge in [-0.15, -0.1) is 0 Å². The molecular weight excluding hydrogens is 279 g/mol. The number of ether oxygens (including phenoxy) is 2. The Morgan fingerprint density at radius 1 is 1.52 bits per heavy atom. The molecule has 1 aliphatic heterocycles. The molecule has 0 aliphatic carbocycles. The lowest BCUT2D eigenvalue weighted by Crippen LogP contribution is -2.43. The molecule has 7 heteroatoms. The van der Waals surface area contributed by atoms with Crippen LogP contribution in [0.3, 0.4) is 0 Å². The number of esters is 1. The van der Waals surface area contributed by atoms with Crippen molar-refractivity contribution in [2.75, 3.05) is 32.2 Å². The average molecular weight is 296 g/mol. The third-order valence-electron chi connectivity index (χ3n) is 3.09. The van der Waals surface area contributed by atoms with E-state index in [1.807, 2.05) is 0 Å². The van der Waals surface area contributed by atoms with Gasteiger partial charge in [-0.1, -0.05) is 0 Å². The minimum absolute atomic E-state index is 0.0423. The van der Waals surface area contributed by atoms with E-state index in [2.05, 4.69) is 15.4 Å². The van der Waals surface area contributed by atoms with Gasteiger partial charge in [-0.2, -0.15) is 0 Å². The standard InChI is InChI=1S/C14H17FN2O4/c1-20-14(19)11-6-9(2-3-12(11)15)17-13(18)7-10-8-21-5-4-16-10/h2-3,6,10,16H,4-5,7-8H2,1H3,(H,17,18). The minimum Gasteiger partial charge on any atom is -0.465 e. The summed E-state index contributed by atoms with van der Waals surface area (Å²) in [6.45, 7) is 1.82. The summed E-state index contributed by atoms with van der Waals surface area (Å²) in [4.78, 5) is 23.3. The maximum Gasteiger partial charge on any atom is 0.340 e. The highest BCUT2D eigenvalue weighted by atomic mass is 19.1. The number of benzene rings is 1. The number of anilines is 1. The minimum atomic E-state index is -0.786. The quantitative estimate of drug-likeness (QED) is 0.808. The first-order chi connectivity index (χ1) is 10.1. The van der Waals surface area contributed by atoms with Crippen molar-refractivity contribution >= 4 is 17.6 Å². The topological polar surface area (TPSA) is 76.7 Å². The zero-order valence-electron chi connectivity index (χ0n) is 11.6. The van der Waals surface area contributed by atoms with Crippen LogP contribution >= 0.6 is 0 Å². The summed E-state index contributed by atoms with van der Waals surface area (Å²) in [6, 6.07) is 3.72. The molecule has 114 valence electrons. The van der Waals surface area contributed by atoms with Crippen LogP contribution in [-0.2, 0) is 14.3 Å². The lowest BCUT2D eigenvalue weighted by atomic mass is 10.1. The molecule has 1 atom stereocenters. The van der Waals surface area contributed by atoms with Crippen LogP contribution in [0, 0.1) is 5.82 Å². The number of amides is 1. The van der Waals surface area contributed by atoms with Gasteiger partial charge in [0.25, 0.3) is 0 Å². The molecule has 0 aromatic heterocycles. The molecule has 6 nitrogen and oxygen atoms in total. The number of carbonyl (C=O) groups is 2. The molecule has 1 aromatic carbocycles. The summed E-state index contributed by atoms with van der Waals surface area (Å²) in [7, 11) is 1.17. The number of hydrogen-bond donors (Lipinski definition) is 2. The molecule has 0 spiro atoms. The second-order valence-electron chi connectivity index (χ2n) is 4.66. The van der Waals surface area contributed by atoms with Crippen molar-refractivity contribution in [3.63, 3.8) is 0 Å². The highest BCUT2D eigenvalue weighted by molar-refractivity contribution is 5.94. The fourth-order valence-corrected chi connectivity index (χ4v) is 2.06. The molecule has 1 aliphatic rings. The van der Waals surface area contributed by atoms with Gasteiger partial charge in [0.2, 0.25) is 5.91 Å². The Morgan fingerprint density at radius 2 is 2.33 bits per heavy atom. The molecule has 2 rings (SSSR count). The molecule has 0 bridgehead atoms. The molecule has 1 unspecified atom stereocenters. The van der Waals surface area contributed by atoms with Gasteiger partial charge in [0.1, 0.15) is 5.82 Å². The maximum atomic E-state index is 13.5. The number of methoxy groups -OCH3 is 1. The normalized spacial score (nSPS) is 18.1. The van der Waals surface area contributed by atoms with E-state index < -0.39 is 11.8 Å². The largest absolute Gasteiger partial charge is 0.465 e. The van der Waals surface area contributed by atoms with Crippen molar-refractivity contribution in [2.45, 2.75) is 12.5 Å². The number of morpholine rings is 1. The molecule has 0 radical (unpaired) electrons. The van der Waals surface area contributed by atoms with Crippen LogP contribution in [-0.4, -0.2) is 44.8 Å². The Morgan fingerprint density at radius 3 is 3.00 bits per heavy atom. The first kappa shape index (κ1) is 15.4. The number of halogens is 1. The van der Waals surface area contributed by atoms with E-state index in [4.69, 9.17) is 4.74 Å². The van der Waals surface area contributed by atoms with Crippen molar-refractivity contribution in [3.05, 3.63) is 29.6 Å². The van der Waals surface area contributed by atoms with Gasteiger partial charge in [-0.25, -0.2) is 9.18 Å². The monoisotopic (exact) mass is 296 g/mol. The number of carbonyl (C=O) groups excluding carboxylic acids is 2. The molecular formula is C14H17FN2O4. The molecule has 0 saturated carbocycles. The molecule has 1 saturated heterocycles. The van der Waals surface area contributed by atoms with Crippen molar-refractivity contribution in [1.29, 1.82) is 0 Å². The molecule has 1 amide bonds. The molecule has 2 N–H and O–H groups in total. The SMILES string of the molecule is COC(=O)c1cc(NC(=O)CC2COCCN2)ccc1F. The Labute approximate surface area is 121 Å². The van der Waals surface area contributed by atoms with Gasteiger partial charge in [0, 0.05) is 24.7 Å². The van der Waals surface area contributed by atoms with Crippen LogP contribution in [0.5, 0.6) is 0 Å². The lowest BCUT2D eigenvalue weighted by molar-refractivity contribution is -0.117. The smallest absolute Gasteiger partial charge is 0.340 e. The second kappa shape index (κ2) is 7.14. The second-order valence-corrected chi connectivity index (χ2v) is 4.66. The fourth-order valence-electron chi connectivity index (χ4n) is 2.06. The van der Waals surface area contributed by atoms with Gasteiger partial charge >= 0.3 is 5.97 Å². The van der Waals surface area contributed by atoms with Crippen molar-refractivity contribution in [2.24, 2.45) is 0 Å². The summed E-state index contributed by atoms with van der Waals surface area (Å²) in [6.07, 6.45) is 0.241. The zero-order valence-corrected chi connectivity index (χ0v) is 11.6. The van der Waals surface area contributed by atoms with E-state index in [0.29, 0.717) is 25.4 Å². The van der Waals surface area contributed by atoms with Crippen LogP contribution in [0.15, 0.2) is 18.2 Å². The third-order valence-corrected chi connectivity index (χ3v) is 3.09. The summed E-state index contributed by atoms with van der Waals surface area (Å²) in [5, 5.41) is 5.79. The fraction of sp³-hybridized carbons (Fsp3) is 0.429. The van der Waals surface area contributed by atoms with Crippen molar-refractivity contribution in [3.8, 4) is 0 Å². The van der Waals surface area contributed by atoms with Crippen LogP contribution < -0.4 is 10.6 Å². The van der Waals surface area contributed by atoms with E-state index in [0.717, 1.165) is 6.07 Å². The summed E-state index contributed by atoms with van der Waals surface area (Å²) < 4.78 is 23.2. The van der Waals surface area contributed by atoms with E-state index >= 15 is 0 Å². The highest BCUT2D eigenvalue weighted by Crippen LogP contribution is 2.16. The van der Waals surface area contributed by atoms with Gasteiger partial charge in [-0.3, -0.25) is 4.79 Å². The van der Waals surface area contributed by atoms with E-state index in [1.165, 1.54) is 19.2 Å². The lowest BCUT2D eigenvalue weighted by Gasteiger charge is -2.23. The molecule has 1 aromatic rings. The van der Waals surface area contributed by atoms with E-state index in [1.54, 1.807) is 0 Å². The van der Waals surface area contributed by atoms with Crippen LogP contribution in [0.25, 0.3) is 0 Å². The summed E-state index contributed by atoms with van der Waals surface area (Å²) >= 11 is 0. The van der Waals surface area contributed by atoms with E-state index in [-0.39, 0.29) is 23.9 Å². The molecule has 1 fully saturated rings. The van der Waals surface area contributed by atoms with Gasteiger partial charge in [0.15, 0.2) is 0 Å². The highest BCUT2D eigenvalue weighted by Gasteiger charge is 2.18. The maximum absolute atomic E-state index is 13.5. The van der Waals surface area contributed by atoms with Crippen LogP contribution in [0.4, 0.5) is 10.1 Å². The first-order valence-electron chi connectivity index (χ1n) is 6.59. The predicted octanol–water partition coefficient (Wildman–Crippen LogP) is 0.929. The predicted molar refractivity (Wildman–Crippen MR) is 73.6 cm³/mol. The Balaban J connectivity index is 1.98. The molecule has 21 heavy (non-hydrogen) atoms. The van der Waals surface area contributed by atoms with Crippen LogP contribution in [0.2, 0.25) is 0 Å². The Bertz CT molecular complexity index is 530. The number of nitrogens with one attached hydrogen (secondary N) is 2. The van der Waals surface area contributed by atoms with Gasteiger partial charge < -0.3 is 20.1 Å². The average Bonchev–Trinajstić information content (AvgIpc) is 2.49.